The maximum atomic E-state index is 13.5. The monoisotopic (exact) mass is 476 g/mol. The Labute approximate surface area is 200 Å². The molecule has 0 aromatic heterocycles. The van der Waals surface area contributed by atoms with Gasteiger partial charge >= 0.3 is 6.09 Å². The summed E-state index contributed by atoms with van der Waals surface area (Å²) in [4.78, 5) is 44.7. The van der Waals surface area contributed by atoms with Gasteiger partial charge in [-0.15, -0.1) is 0 Å². The Hall–Kier alpha value is -2.20. The Balaban J connectivity index is 1.38. The zero-order valence-electron chi connectivity index (χ0n) is 19.9. The van der Waals surface area contributed by atoms with E-state index in [9.17, 15) is 14.4 Å². The third-order valence-corrected chi connectivity index (χ3v) is 8.22. The van der Waals surface area contributed by atoms with Gasteiger partial charge in [0.15, 0.2) is 5.78 Å². The molecule has 0 spiro atoms. The van der Waals surface area contributed by atoms with Crippen LogP contribution in [0.1, 0.15) is 58.3 Å². The average molecular weight is 477 g/mol. The molecular formula is C24H36N4O6. The molecule has 7 atom stereocenters. The van der Waals surface area contributed by atoms with Crippen molar-refractivity contribution in [1.29, 1.82) is 0 Å². The Bertz CT molecular complexity index is 832. The minimum absolute atomic E-state index is 0.114. The van der Waals surface area contributed by atoms with Crippen molar-refractivity contribution in [3.8, 4) is 0 Å². The summed E-state index contributed by atoms with van der Waals surface area (Å²) in [7, 11) is 0. The van der Waals surface area contributed by atoms with Crippen molar-refractivity contribution < 1.29 is 28.6 Å². The predicted molar refractivity (Wildman–Crippen MR) is 122 cm³/mol. The van der Waals surface area contributed by atoms with Crippen LogP contribution in [0.3, 0.4) is 0 Å². The fraction of sp³-hybridized carbons (Fsp3) is 0.833. The number of carbonyl (C=O) groups is 3. The third kappa shape index (κ3) is 4.93. The molecular weight excluding hydrogens is 440 g/mol. The highest BCUT2D eigenvalue weighted by Gasteiger charge is 2.41. The highest BCUT2D eigenvalue weighted by molar-refractivity contribution is 5.98. The van der Waals surface area contributed by atoms with Gasteiger partial charge < -0.3 is 24.4 Å². The molecule has 3 saturated heterocycles. The zero-order chi connectivity index (χ0) is 23.7. The van der Waals surface area contributed by atoms with E-state index in [0.29, 0.717) is 37.4 Å². The van der Waals surface area contributed by atoms with Crippen LogP contribution in [0.25, 0.3) is 0 Å². The normalized spacial score (nSPS) is 37.9. The van der Waals surface area contributed by atoms with E-state index in [0.717, 1.165) is 12.3 Å². The summed E-state index contributed by atoms with van der Waals surface area (Å²) in [5.41, 5.74) is 0. The number of hydrogen-bond donors (Lipinski definition) is 2. The van der Waals surface area contributed by atoms with Crippen molar-refractivity contribution in [3.63, 3.8) is 0 Å². The Morgan fingerprint density at radius 2 is 2.00 bits per heavy atom. The van der Waals surface area contributed by atoms with Crippen LogP contribution in [0.15, 0.2) is 4.99 Å². The van der Waals surface area contributed by atoms with Gasteiger partial charge in [0.2, 0.25) is 18.1 Å². The smallest absolute Gasteiger partial charge is 0.415 e. The van der Waals surface area contributed by atoms with Crippen molar-refractivity contribution in [2.24, 2.45) is 22.7 Å². The van der Waals surface area contributed by atoms with E-state index in [4.69, 9.17) is 19.2 Å². The molecule has 2 aliphatic carbocycles. The summed E-state index contributed by atoms with van der Waals surface area (Å²) in [6.45, 7) is 3.15. The second-order valence-corrected chi connectivity index (χ2v) is 10.3. The van der Waals surface area contributed by atoms with E-state index in [-0.39, 0.29) is 24.9 Å². The predicted octanol–water partition coefficient (Wildman–Crippen LogP) is 1.58. The number of guanidine groups is 1. The van der Waals surface area contributed by atoms with E-state index in [2.05, 4.69) is 10.6 Å². The molecule has 0 bridgehead atoms. The summed E-state index contributed by atoms with van der Waals surface area (Å²) < 4.78 is 16.2. The summed E-state index contributed by atoms with van der Waals surface area (Å²) in [5, 5.41) is 5.58. The first kappa shape index (κ1) is 23.5. The van der Waals surface area contributed by atoms with Crippen LogP contribution in [-0.4, -0.2) is 79.4 Å². The SMILES string of the molecule is CC1OCC(NC(=O)C(CC2CCCC3CCCCC32)N=C2NC(=O)OC3COCCN23)C1=O. The number of ketones is 1. The fourth-order valence-corrected chi connectivity index (χ4v) is 6.43. The summed E-state index contributed by atoms with van der Waals surface area (Å²) in [5.74, 6) is 1.72. The van der Waals surface area contributed by atoms with Crippen LogP contribution in [0.2, 0.25) is 0 Å². The van der Waals surface area contributed by atoms with Gasteiger partial charge in [-0.25, -0.2) is 9.79 Å². The number of Topliss-reactive ketones (excluding diaryl/α,β-unsaturated/α-hetero) is 1. The van der Waals surface area contributed by atoms with Gasteiger partial charge in [-0.3, -0.25) is 14.9 Å². The van der Waals surface area contributed by atoms with E-state index in [1.54, 1.807) is 6.92 Å². The first-order chi connectivity index (χ1) is 16.5. The highest BCUT2D eigenvalue weighted by atomic mass is 16.6. The van der Waals surface area contributed by atoms with Gasteiger partial charge in [0.25, 0.3) is 0 Å². The second kappa shape index (κ2) is 10.2. The Morgan fingerprint density at radius 1 is 1.18 bits per heavy atom. The molecule has 0 radical (unpaired) electrons. The molecule has 2 saturated carbocycles. The Kier molecular flexibility index (Phi) is 7.06. The van der Waals surface area contributed by atoms with Gasteiger partial charge in [0.05, 0.1) is 13.2 Å². The fourth-order valence-electron chi connectivity index (χ4n) is 6.43. The third-order valence-electron chi connectivity index (χ3n) is 8.22. The molecule has 5 rings (SSSR count). The molecule has 0 aromatic rings. The number of amides is 2. The van der Waals surface area contributed by atoms with Crippen LogP contribution < -0.4 is 10.6 Å². The second-order valence-electron chi connectivity index (χ2n) is 10.3. The molecule has 188 valence electrons. The molecule has 10 heteroatoms. The van der Waals surface area contributed by atoms with Crippen LogP contribution in [0.4, 0.5) is 4.79 Å². The first-order valence-corrected chi connectivity index (χ1v) is 12.8. The zero-order valence-corrected chi connectivity index (χ0v) is 19.9. The number of fused-ring (bicyclic) bond motifs is 2. The number of carbonyl (C=O) groups excluding carboxylic acids is 3. The van der Waals surface area contributed by atoms with Crippen molar-refractivity contribution in [1.82, 2.24) is 15.5 Å². The topological polar surface area (TPSA) is 119 Å². The quantitative estimate of drug-likeness (QED) is 0.618. The van der Waals surface area contributed by atoms with Crippen LogP contribution >= 0.6 is 0 Å². The van der Waals surface area contributed by atoms with Gasteiger partial charge in [0, 0.05) is 6.54 Å². The van der Waals surface area contributed by atoms with Gasteiger partial charge in [-0.05, 0) is 37.5 Å². The molecule has 2 N–H and O–H groups in total. The lowest BCUT2D eigenvalue weighted by molar-refractivity contribution is -0.128. The first-order valence-electron chi connectivity index (χ1n) is 12.8. The number of ether oxygens (including phenoxy) is 3. The minimum atomic E-state index is -0.703. The molecule has 2 amide bonds. The number of aliphatic imine (C=N–C) groups is 1. The summed E-state index contributed by atoms with van der Waals surface area (Å²) in [6.07, 6.45) is 7.54. The van der Waals surface area contributed by atoms with E-state index < -0.39 is 30.5 Å². The maximum absolute atomic E-state index is 13.5. The number of nitrogens with zero attached hydrogens (tertiary/aromatic N) is 2. The molecule has 10 nitrogen and oxygen atoms in total. The van der Waals surface area contributed by atoms with E-state index in [1.165, 1.54) is 38.5 Å². The largest absolute Gasteiger partial charge is 0.422 e. The van der Waals surface area contributed by atoms with Gasteiger partial charge in [-0.2, -0.15) is 0 Å². The number of nitrogens with one attached hydrogen (secondary N) is 2. The molecule has 7 unspecified atom stereocenters. The standard InChI is InChI=1S/C24H36N4O6/c1-14-21(29)19(12-33-14)25-22(30)18(11-16-7-4-6-15-5-2-3-8-17(15)16)26-23-27-24(31)34-20-13-32-10-9-28(20)23/h14-20H,2-13H2,1H3,(H,25,30)(H,26,27,31). The van der Waals surface area contributed by atoms with Crippen LogP contribution in [0.5, 0.6) is 0 Å². The van der Waals surface area contributed by atoms with Crippen molar-refractivity contribution in [2.75, 3.05) is 26.4 Å². The number of alkyl carbamates (subject to hydrolysis) is 1. The lowest BCUT2D eigenvalue weighted by Crippen LogP contribution is -2.61. The summed E-state index contributed by atoms with van der Waals surface area (Å²) in [6, 6.07) is -1.36. The Morgan fingerprint density at radius 3 is 2.82 bits per heavy atom. The molecule has 34 heavy (non-hydrogen) atoms. The van der Waals surface area contributed by atoms with Crippen molar-refractivity contribution in [3.05, 3.63) is 0 Å². The number of morpholine rings is 1. The van der Waals surface area contributed by atoms with Crippen molar-refractivity contribution >= 4 is 23.7 Å². The van der Waals surface area contributed by atoms with Crippen LogP contribution in [0, 0.1) is 17.8 Å². The lowest BCUT2D eigenvalue weighted by atomic mass is 9.64. The van der Waals surface area contributed by atoms with Crippen molar-refractivity contribution in [2.45, 2.75) is 82.7 Å². The average Bonchev–Trinajstić information content (AvgIpc) is 3.15. The van der Waals surface area contributed by atoms with Crippen LogP contribution in [-0.2, 0) is 23.8 Å². The molecule has 5 aliphatic rings. The van der Waals surface area contributed by atoms with Gasteiger partial charge in [-0.1, -0.05) is 38.5 Å². The number of hydrogen-bond acceptors (Lipinski definition) is 7. The number of rotatable bonds is 5. The van der Waals surface area contributed by atoms with Gasteiger partial charge in [0.1, 0.15) is 24.8 Å². The molecule has 0 aromatic carbocycles. The van der Waals surface area contributed by atoms with E-state index in [1.807, 2.05) is 4.90 Å². The molecule has 3 heterocycles. The molecule has 3 aliphatic heterocycles. The van der Waals surface area contributed by atoms with E-state index >= 15 is 0 Å². The summed E-state index contributed by atoms with van der Waals surface area (Å²) >= 11 is 0. The lowest BCUT2D eigenvalue weighted by Gasteiger charge is -2.43. The highest BCUT2D eigenvalue weighted by Crippen LogP contribution is 2.45. The maximum Gasteiger partial charge on any atom is 0.415 e. The molecule has 5 fully saturated rings. The minimum Gasteiger partial charge on any atom is -0.422 e.